The molecule has 1 saturated heterocycles. The average molecular weight is 278 g/mol. The van der Waals surface area contributed by atoms with Crippen molar-refractivity contribution in [2.24, 2.45) is 0 Å². The van der Waals surface area contributed by atoms with E-state index in [-0.39, 0.29) is 18.1 Å². The number of methoxy groups -OCH3 is 1. The zero-order chi connectivity index (χ0) is 14.5. The van der Waals surface area contributed by atoms with Gasteiger partial charge < -0.3 is 14.5 Å². The number of carbonyl (C=O) groups is 2. The maximum absolute atomic E-state index is 12.0. The van der Waals surface area contributed by atoms with Crippen LogP contribution in [0.2, 0.25) is 0 Å². The van der Waals surface area contributed by atoms with Gasteiger partial charge in [0.2, 0.25) is 5.91 Å². The van der Waals surface area contributed by atoms with Crippen molar-refractivity contribution in [2.45, 2.75) is 12.8 Å². The summed E-state index contributed by atoms with van der Waals surface area (Å²) in [5.74, 6) is -0.00524. The molecule has 108 valence electrons. The highest BCUT2D eigenvalue weighted by Crippen LogP contribution is 2.11. The third-order valence-corrected chi connectivity index (χ3v) is 3.24. The molecule has 1 fully saturated rings. The summed E-state index contributed by atoms with van der Waals surface area (Å²) in [7, 11) is 3.04. The molecular formula is C13H18N4O3. The summed E-state index contributed by atoms with van der Waals surface area (Å²) in [5.41, 5.74) is 0.130. The second-order valence-electron chi connectivity index (χ2n) is 4.70. The molecule has 7 heteroatoms. The summed E-state index contributed by atoms with van der Waals surface area (Å²) in [6.45, 7) is 1.86. The highest BCUT2D eigenvalue weighted by molar-refractivity contribution is 5.87. The van der Waals surface area contributed by atoms with Crippen LogP contribution in [0.4, 0.5) is 5.82 Å². The zero-order valence-electron chi connectivity index (χ0n) is 11.7. The van der Waals surface area contributed by atoms with Gasteiger partial charge in [0.25, 0.3) is 0 Å². The van der Waals surface area contributed by atoms with Gasteiger partial charge >= 0.3 is 5.97 Å². The first-order chi connectivity index (χ1) is 9.61. The van der Waals surface area contributed by atoms with Crippen molar-refractivity contribution < 1.29 is 14.3 Å². The van der Waals surface area contributed by atoms with Crippen molar-refractivity contribution in [1.29, 1.82) is 0 Å². The molecule has 0 bridgehead atoms. The van der Waals surface area contributed by atoms with Crippen LogP contribution >= 0.6 is 0 Å². The Bertz CT molecular complexity index is 500. The predicted molar refractivity (Wildman–Crippen MR) is 72.5 cm³/mol. The minimum atomic E-state index is -0.543. The van der Waals surface area contributed by atoms with E-state index in [1.165, 1.54) is 19.5 Å². The molecule has 0 atom stereocenters. The predicted octanol–water partition coefficient (Wildman–Crippen LogP) is 0.322. The molecule has 20 heavy (non-hydrogen) atoms. The Morgan fingerprint density at radius 1 is 1.35 bits per heavy atom. The summed E-state index contributed by atoms with van der Waals surface area (Å²) < 4.78 is 4.60. The standard InChI is InChI=1S/C13H18N4O3/c1-16(9-12(18)17-5-3-4-6-17)11-8-14-7-10(15-11)13(19)20-2/h7-8H,3-6,9H2,1-2H3. The molecule has 0 aliphatic carbocycles. The van der Waals surface area contributed by atoms with Crippen LogP contribution in [-0.4, -0.2) is 60.5 Å². The number of hydrogen-bond acceptors (Lipinski definition) is 6. The minimum absolute atomic E-state index is 0.0651. The van der Waals surface area contributed by atoms with Crippen molar-refractivity contribution >= 4 is 17.7 Å². The van der Waals surface area contributed by atoms with Crippen LogP contribution in [0.5, 0.6) is 0 Å². The van der Waals surface area contributed by atoms with Gasteiger partial charge in [-0.15, -0.1) is 0 Å². The molecule has 1 aromatic rings. The number of rotatable bonds is 4. The van der Waals surface area contributed by atoms with E-state index in [4.69, 9.17) is 0 Å². The fourth-order valence-corrected chi connectivity index (χ4v) is 2.09. The topological polar surface area (TPSA) is 75.6 Å². The lowest BCUT2D eigenvalue weighted by Crippen LogP contribution is -2.37. The largest absolute Gasteiger partial charge is 0.464 e. The number of ether oxygens (including phenoxy) is 1. The van der Waals surface area contributed by atoms with E-state index in [9.17, 15) is 9.59 Å². The van der Waals surface area contributed by atoms with Gasteiger partial charge in [-0.05, 0) is 12.8 Å². The van der Waals surface area contributed by atoms with Gasteiger partial charge in [-0.25, -0.2) is 9.78 Å². The number of likely N-dealkylation sites (tertiary alicyclic amines) is 1. The number of aromatic nitrogens is 2. The van der Waals surface area contributed by atoms with Gasteiger partial charge in [-0.2, -0.15) is 0 Å². The maximum atomic E-state index is 12.0. The van der Waals surface area contributed by atoms with Crippen LogP contribution < -0.4 is 4.90 Å². The van der Waals surface area contributed by atoms with Crippen molar-refractivity contribution in [3.63, 3.8) is 0 Å². The van der Waals surface area contributed by atoms with E-state index < -0.39 is 5.97 Å². The second kappa shape index (κ2) is 6.31. The zero-order valence-corrected chi connectivity index (χ0v) is 11.7. The number of carbonyl (C=O) groups excluding carboxylic acids is 2. The first kappa shape index (κ1) is 14.2. The van der Waals surface area contributed by atoms with E-state index in [1.54, 1.807) is 11.9 Å². The lowest BCUT2D eigenvalue weighted by Gasteiger charge is -2.21. The Hall–Kier alpha value is -2.18. The molecular weight excluding hydrogens is 260 g/mol. The molecule has 0 radical (unpaired) electrons. The fraction of sp³-hybridized carbons (Fsp3) is 0.538. The average Bonchev–Trinajstić information content (AvgIpc) is 3.00. The number of likely N-dealkylation sites (N-methyl/N-ethyl adjacent to an activating group) is 1. The molecule has 1 aliphatic heterocycles. The SMILES string of the molecule is COC(=O)c1cncc(N(C)CC(=O)N2CCCC2)n1. The van der Waals surface area contributed by atoms with Crippen molar-refractivity contribution in [3.8, 4) is 0 Å². The first-order valence-corrected chi connectivity index (χ1v) is 6.51. The Morgan fingerprint density at radius 3 is 2.70 bits per heavy atom. The molecule has 0 aromatic carbocycles. The van der Waals surface area contributed by atoms with Gasteiger partial charge in [0.05, 0.1) is 26.0 Å². The Kier molecular flexibility index (Phi) is 4.49. The minimum Gasteiger partial charge on any atom is -0.464 e. The maximum Gasteiger partial charge on any atom is 0.358 e. The number of hydrogen-bond donors (Lipinski definition) is 0. The molecule has 1 aromatic heterocycles. The van der Waals surface area contributed by atoms with Crippen LogP contribution in [0.3, 0.4) is 0 Å². The third kappa shape index (κ3) is 3.23. The molecule has 2 heterocycles. The van der Waals surface area contributed by atoms with E-state index in [0.29, 0.717) is 5.82 Å². The van der Waals surface area contributed by atoms with Gasteiger partial charge in [-0.1, -0.05) is 0 Å². The fourth-order valence-electron chi connectivity index (χ4n) is 2.09. The highest BCUT2D eigenvalue weighted by Gasteiger charge is 2.20. The van der Waals surface area contributed by atoms with Gasteiger partial charge in [0, 0.05) is 20.1 Å². The van der Waals surface area contributed by atoms with E-state index in [2.05, 4.69) is 14.7 Å². The van der Waals surface area contributed by atoms with Crippen LogP contribution in [-0.2, 0) is 9.53 Å². The Morgan fingerprint density at radius 2 is 2.05 bits per heavy atom. The molecule has 1 amide bonds. The van der Waals surface area contributed by atoms with Crippen LogP contribution in [0, 0.1) is 0 Å². The van der Waals surface area contributed by atoms with E-state index >= 15 is 0 Å². The highest BCUT2D eigenvalue weighted by atomic mass is 16.5. The molecule has 1 aliphatic rings. The summed E-state index contributed by atoms with van der Waals surface area (Å²) in [5, 5.41) is 0. The van der Waals surface area contributed by atoms with Crippen LogP contribution in [0.15, 0.2) is 12.4 Å². The van der Waals surface area contributed by atoms with Crippen molar-refractivity contribution in [1.82, 2.24) is 14.9 Å². The molecule has 0 spiro atoms. The van der Waals surface area contributed by atoms with Gasteiger partial charge in [0.1, 0.15) is 5.82 Å². The molecule has 2 rings (SSSR count). The third-order valence-electron chi connectivity index (χ3n) is 3.24. The molecule has 0 saturated carbocycles. The van der Waals surface area contributed by atoms with Gasteiger partial charge in [0.15, 0.2) is 5.69 Å². The van der Waals surface area contributed by atoms with Crippen molar-refractivity contribution in [2.75, 3.05) is 38.7 Å². The molecule has 0 N–H and O–H groups in total. The number of amides is 1. The second-order valence-corrected chi connectivity index (χ2v) is 4.70. The normalized spacial score (nSPS) is 14.2. The van der Waals surface area contributed by atoms with Crippen molar-refractivity contribution in [3.05, 3.63) is 18.1 Å². The quantitative estimate of drug-likeness (QED) is 0.738. The summed E-state index contributed by atoms with van der Waals surface area (Å²) in [6, 6.07) is 0. The Labute approximate surface area is 117 Å². The first-order valence-electron chi connectivity index (χ1n) is 6.51. The smallest absolute Gasteiger partial charge is 0.358 e. The van der Waals surface area contributed by atoms with Crippen LogP contribution in [0.1, 0.15) is 23.3 Å². The monoisotopic (exact) mass is 278 g/mol. The molecule has 0 unspecified atom stereocenters. The van der Waals surface area contributed by atoms with Gasteiger partial charge in [-0.3, -0.25) is 9.78 Å². The number of esters is 1. The summed E-state index contributed by atoms with van der Waals surface area (Å²) in [4.78, 5) is 35.1. The van der Waals surface area contributed by atoms with E-state index in [0.717, 1.165) is 25.9 Å². The van der Waals surface area contributed by atoms with E-state index in [1.807, 2.05) is 4.90 Å². The Balaban J connectivity index is 2.03. The number of nitrogens with zero attached hydrogens (tertiary/aromatic N) is 4. The summed E-state index contributed by atoms with van der Waals surface area (Å²) in [6.07, 6.45) is 4.98. The summed E-state index contributed by atoms with van der Waals surface area (Å²) >= 11 is 0. The number of anilines is 1. The molecule has 7 nitrogen and oxygen atoms in total. The lowest BCUT2D eigenvalue weighted by molar-refractivity contribution is -0.128. The lowest BCUT2D eigenvalue weighted by atomic mass is 10.4. The van der Waals surface area contributed by atoms with Crippen LogP contribution in [0.25, 0.3) is 0 Å².